The Kier molecular flexibility index (Phi) is 5.10. The van der Waals surface area contributed by atoms with E-state index >= 15 is 0 Å². The van der Waals surface area contributed by atoms with Gasteiger partial charge in [-0.05, 0) is 58.2 Å². The summed E-state index contributed by atoms with van der Waals surface area (Å²) in [6.07, 6.45) is 1.07. The van der Waals surface area contributed by atoms with Crippen LogP contribution in [-0.4, -0.2) is 20.9 Å². The molecule has 1 fully saturated rings. The second-order valence-electron chi connectivity index (χ2n) is 6.29. The van der Waals surface area contributed by atoms with Crippen molar-refractivity contribution >= 4 is 37.8 Å². The molecule has 1 saturated heterocycles. The normalized spacial score (nSPS) is 16.9. The Balaban J connectivity index is 1.59. The van der Waals surface area contributed by atoms with E-state index in [1.807, 2.05) is 24.3 Å². The highest BCUT2D eigenvalue weighted by Gasteiger charge is 2.36. The minimum atomic E-state index is -0.357. The van der Waals surface area contributed by atoms with Crippen molar-refractivity contribution < 1.29 is 13.7 Å². The van der Waals surface area contributed by atoms with Gasteiger partial charge in [-0.15, -0.1) is 0 Å². The highest BCUT2D eigenvalue weighted by molar-refractivity contribution is 9.10. The highest BCUT2D eigenvalue weighted by Crippen LogP contribution is 2.34. The van der Waals surface area contributed by atoms with Gasteiger partial charge < -0.3 is 9.42 Å². The van der Waals surface area contributed by atoms with E-state index < -0.39 is 0 Å². The van der Waals surface area contributed by atoms with Crippen molar-refractivity contribution in [1.29, 1.82) is 0 Å². The van der Waals surface area contributed by atoms with Crippen molar-refractivity contribution in [1.82, 2.24) is 15.0 Å². The first-order valence-electron chi connectivity index (χ1n) is 8.34. The summed E-state index contributed by atoms with van der Waals surface area (Å²) >= 11 is 6.61. The summed E-state index contributed by atoms with van der Waals surface area (Å²) in [4.78, 5) is 18.6. The van der Waals surface area contributed by atoms with Crippen molar-refractivity contribution in [2.45, 2.75) is 25.4 Å². The van der Waals surface area contributed by atoms with Crippen molar-refractivity contribution in [3.05, 3.63) is 68.7 Å². The lowest BCUT2D eigenvalue weighted by molar-refractivity contribution is -0.129. The average Bonchev–Trinajstić information content (AvgIpc) is 3.25. The highest BCUT2D eigenvalue weighted by atomic mass is 79.9. The molecule has 1 amide bonds. The fourth-order valence-electron chi connectivity index (χ4n) is 3.14. The van der Waals surface area contributed by atoms with E-state index in [0.29, 0.717) is 41.1 Å². The second-order valence-corrected chi connectivity index (χ2v) is 8.06. The van der Waals surface area contributed by atoms with Crippen LogP contribution in [-0.2, 0) is 11.3 Å². The maximum Gasteiger partial charge on any atom is 0.249 e. The molecule has 2 heterocycles. The van der Waals surface area contributed by atoms with Gasteiger partial charge in [0, 0.05) is 23.0 Å². The number of hydrogen-bond acceptors (Lipinski definition) is 4. The third-order valence-corrected chi connectivity index (χ3v) is 5.58. The zero-order chi connectivity index (χ0) is 19.0. The average molecular weight is 495 g/mol. The van der Waals surface area contributed by atoms with Crippen LogP contribution in [0, 0.1) is 5.82 Å². The van der Waals surface area contributed by atoms with Crippen LogP contribution in [0.3, 0.4) is 0 Å². The molecule has 1 unspecified atom stereocenters. The molecular formula is C19H14Br2FN3O2. The number of rotatable bonds is 4. The molecular weight excluding hydrogens is 481 g/mol. The van der Waals surface area contributed by atoms with Crippen molar-refractivity contribution in [3.63, 3.8) is 0 Å². The van der Waals surface area contributed by atoms with Crippen LogP contribution in [0.4, 0.5) is 4.39 Å². The first-order chi connectivity index (χ1) is 13.0. The van der Waals surface area contributed by atoms with Gasteiger partial charge in [0.15, 0.2) is 0 Å². The van der Waals surface area contributed by atoms with Gasteiger partial charge in [-0.2, -0.15) is 4.98 Å². The molecule has 3 aromatic rings. The number of halogens is 3. The molecule has 1 aliphatic heterocycles. The summed E-state index contributed by atoms with van der Waals surface area (Å²) in [5, 5.41) is 4.01. The molecule has 0 N–H and O–H groups in total. The Morgan fingerprint density at radius 3 is 2.85 bits per heavy atom. The number of hydrogen-bond donors (Lipinski definition) is 0. The molecule has 8 heteroatoms. The Bertz CT molecular complexity index is 1010. The van der Waals surface area contributed by atoms with Gasteiger partial charge >= 0.3 is 0 Å². The summed E-state index contributed by atoms with van der Waals surface area (Å²) in [6.45, 7) is 0.475. The van der Waals surface area contributed by atoms with Gasteiger partial charge in [0.1, 0.15) is 11.9 Å². The van der Waals surface area contributed by atoms with Crippen molar-refractivity contribution in [2.75, 3.05) is 0 Å². The van der Waals surface area contributed by atoms with E-state index in [0.717, 1.165) is 10.0 Å². The molecule has 0 spiro atoms. The molecule has 2 aromatic carbocycles. The van der Waals surface area contributed by atoms with Crippen LogP contribution in [0.1, 0.15) is 30.3 Å². The molecule has 5 nitrogen and oxygen atoms in total. The molecule has 0 aliphatic carbocycles. The van der Waals surface area contributed by atoms with Gasteiger partial charge in [0.2, 0.25) is 17.6 Å². The predicted octanol–water partition coefficient (Wildman–Crippen LogP) is 5.26. The molecule has 138 valence electrons. The number of benzene rings is 2. The quantitative estimate of drug-likeness (QED) is 0.496. The van der Waals surface area contributed by atoms with Crippen LogP contribution >= 0.6 is 31.9 Å². The van der Waals surface area contributed by atoms with Crippen molar-refractivity contribution in [3.8, 4) is 11.4 Å². The molecule has 1 atom stereocenters. The molecule has 0 radical (unpaired) electrons. The minimum absolute atomic E-state index is 0.0595. The van der Waals surface area contributed by atoms with Gasteiger partial charge in [-0.1, -0.05) is 33.2 Å². The summed E-state index contributed by atoms with van der Waals surface area (Å²) < 4.78 is 20.2. The number of likely N-dealkylation sites (tertiary alicyclic amines) is 1. The fraction of sp³-hybridized carbons (Fsp3) is 0.211. The van der Waals surface area contributed by atoms with Gasteiger partial charge in [0.25, 0.3) is 0 Å². The molecule has 0 bridgehead atoms. The standard InChI is InChI=1S/C19H14Br2FN3O2/c20-13-3-1-2-11(8-13)10-25-16(6-7-17(25)26)19-23-18(24-27-19)12-4-5-15(22)14(21)9-12/h1-5,8-9,16H,6-7,10H2. The second kappa shape index (κ2) is 7.52. The van der Waals surface area contributed by atoms with Crippen LogP contribution in [0.2, 0.25) is 0 Å². The zero-order valence-electron chi connectivity index (χ0n) is 14.0. The van der Waals surface area contributed by atoms with Gasteiger partial charge in [0.05, 0.1) is 4.47 Å². The lowest BCUT2D eigenvalue weighted by atomic mass is 10.1. The largest absolute Gasteiger partial charge is 0.337 e. The molecule has 27 heavy (non-hydrogen) atoms. The summed E-state index contributed by atoms with van der Waals surface area (Å²) in [5.74, 6) is 0.465. The van der Waals surface area contributed by atoms with E-state index in [2.05, 4.69) is 42.0 Å². The topological polar surface area (TPSA) is 59.2 Å². The molecule has 1 aliphatic rings. The molecule has 1 aromatic heterocycles. The number of aromatic nitrogens is 2. The smallest absolute Gasteiger partial charge is 0.249 e. The van der Waals surface area contributed by atoms with E-state index in [9.17, 15) is 9.18 Å². The monoisotopic (exact) mass is 493 g/mol. The van der Waals surface area contributed by atoms with Crippen LogP contribution in [0.15, 0.2) is 55.9 Å². The Labute approximate surface area is 171 Å². The Hall–Kier alpha value is -2.06. The molecule has 4 rings (SSSR count). The van der Waals surface area contributed by atoms with E-state index in [-0.39, 0.29) is 17.8 Å². The maximum atomic E-state index is 13.4. The first-order valence-corrected chi connectivity index (χ1v) is 9.93. The third kappa shape index (κ3) is 3.82. The Morgan fingerprint density at radius 1 is 1.22 bits per heavy atom. The lowest BCUT2D eigenvalue weighted by Gasteiger charge is -2.22. The van der Waals surface area contributed by atoms with E-state index in [1.165, 1.54) is 6.07 Å². The van der Waals surface area contributed by atoms with Crippen LogP contribution < -0.4 is 0 Å². The summed E-state index contributed by atoms with van der Waals surface area (Å²) in [6, 6.07) is 12.1. The number of carbonyl (C=O) groups is 1. The van der Waals surface area contributed by atoms with E-state index in [4.69, 9.17) is 4.52 Å². The summed E-state index contributed by atoms with van der Waals surface area (Å²) in [7, 11) is 0. The fourth-order valence-corrected chi connectivity index (χ4v) is 3.97. The van der Waals surface area contributed by atoms with Crippen LogP contribution in [0.25, 0.3) is 11.4 Å². The first kappa shape index (κ1) is 18.3. The summed E-state index contributed by atoms with van der Waals surface area (Å²) in [5.41, 5.74) is 1.66. The predicted molar refractivity (Wildman–Crippen MR) is 104 cm³/mol. The van der Waals surface area contributed by atoms with Crippen LogP contribution in [0.5, 0.6) is 0 Å². The lowest BCUT2D eigenvalue weighted by Crippen LogP contribution is -2.27. The van der Waals surface area contributed by atoms with E-state index in [1.54, 1.807) is 17.0 Å². The van der Waals surface area contributed by atoms with Gasteiger partial charge in [-0.25, -0.2) is 4.39 Å². The zero-order valence-corrected chi connectivity index (χ0v) is 17.2. The maximum absolute atomic E-state index is 13.4. The number of nitrogens with zero attached hydrogens (tertiary/aromatic N) is 3. The number of amides is 1. The van der Waals surface area contributed by atoms with Crippen molar-refractivity contribution in [2.24, 2.45) is 0 Å². The van der Waals surface area contributed by atoms with Gasteiger partial charge in [-0.3, -0.25) is 4.79 Å². The Morgan fingerprint density at radius 2 is 2.07 bits per heavy atom. The SMILES string of the molecule is O=C1CCC(c2nc(-c3ccc(F)c(Br)c3)no2)N1Cc1cccc(Br)c1. The number of carbonyl (C=O) groups excluding carboxylic acids is 1. The molecule has 0 saturated carbocycles. The third-order valence-electron chi connectivity index (χ3n) is 4.47. The minimum Gasteiger partial charge on any atom is -0.337 e.